The van der Waals surface area contributed by atoms with E-state index in [1.807, 2.05) is 0 Å². The van der Waals surface area contributed by atoms with Crippen LogP contribution in [-0.2, 0) is 30.7 Å². The Morgan fingerprint density at radius 2 is 2.00 bits per heavy atom. The fraction of sp³-hybridized carbons (Fsp3) is 0.500. The average Bonchev–Trinajstić information content (AvgIpc) is 2.87. The summed E-state index contributed by atoms with van der Waals surface area (Å²) >= 11 is 0. The van der Waals surface area contributed by atoms with Crippen molar-refractivity contribution >= 4 is 27.6 Å². The third-order valence-corrected chi connectivity index (χ3v) is 6.30. The number of benzene rings is 1. The van der Waals surface area contributed by atoms with Crippen LogP contribution in [0.3, 0.4) is 0 Å². The van der Waals surface area contributed by atoms with Crippen molar-refractivity contribution in [2.24, 2.45) is 0 Å². The lowest BCUT2D eigenvalue weighted by Crippen LogP contribution is -2.46. The van der Waals surface area contributed by atoms with Gasteiger partial charge in [-0.2, -0.15) is 0 Å². The predicted octanol–water partition coefficient (Wildman–Crippen LogP) is 1.44. The number of nitrogens with zero attached hydrogens (tertiary/aromatic N) is 1. The highest BCUT2D eigenvalue weighted by Gasteiger charge is 2.48. The first kappa shape index (κ1) is 19.2. The number of hydrogen-bond donors (Lipinski definition) is 1. The van der Waals surface area contributed by atoms with Crippen LogP contribution < -0.4 is 4.90 Å². The number of carboxylic acids is 1. The van der Waals surface area contributed by atoms with Crippen LogP contribution in [0.4, 0.5) is 10.5 Å². The van der Waals surface area contributed by atoms with Crippen molar-refractivity contribution in [1.29, 1.82) is 0 Å². The lowest BCUT2D eigenvalue weighted by atomic mass is 10.0. The second-order valence-electron chi connectivity index (χ2n) is 6.23. The number of carbonyl (C=O) groups is 2. The van der Waals surface area contributed by atoms with Crippen molar-refractivity contribution in [3.05, 3.63) is 29.8 Å². The van der Waals surface area contributed by atoms with E-state index in [9.17, 15) is 23.1 Å². The van der Waals surface area contributed by atoms with Crippen LogP contribution in [0.25, 0.3) is 0 Å². The standard InChI is InChI=1S/C16H21NO7S/c1-16(14(18)19,25(3,21)22)8-13-9-17(15(20)24-13)12-6-4-11(5-7-12)10-23-2/h4-7,13H,8-10H2,1-3H3,(H,18,19)/t13-,16?/m0/s1. The maximum absolute atomic E-state index is 12.1. The quantitative estimate of drug-likeness (QED) is 0.772. The third kappa shape index (κ3) is 3.93. The summed E-state index contributed by atoms with van der Waals surface area (Å²) in [5.74, 6) is -1.46. The van der Waals surface area contributed by atoms with Gasteiger partial charge in [0, 0.05) is 25.5 Å². The number of carbonyl (C=O) groups excluding carboxylic acids is 1. The largest absolute Gasteiger partial charge is 0.480 e. The smallest absolute Gasteiger partial charge is 0.414 e. The van der Waals surface area contributed by atoms with Crippen molar-refractivity contribution < 1.29 is 32.6 Å². The molecule has 8 nitrogen and oxygen atoms in total. The highest BCUT2D eigenvalue weighted by molar-refractivity contribution is 7.92. The molecule has 0 bridgehead atoms. The molecule has 1 aliphatic rings. The predicted molar refractivity (Wildman–Crippen MR) is 90.3 cm³/mol. The fourth-order valence-electron chi connectivity index (χ4n) is 2.61. The Hall–Kier alpha value is -2.13. The molecule has 0 saturated carbocycles. The van der Waals surface area contributed by atoms with E-state index in [4.69, 9.17) is 9.47 Å². The van der Waals surface area contributed by atoms with Crippen molar-refractivity contribution in [2.45, 2.75) is 30.8 Å². The van der Waals surface area contributed by atoms with E-state index in [0.717, 1.165) is 18.7 Å². The van der Waals surface area contributed by atoms with E-state index in [1.165, 1.54) is 4.90 Å². The van der Waals surface area contributed by atoms with Gasteiger partial charge in [-0.25, -0.2) is 13.2 Å². The molecule has 1 aromatic rings. The van der Waals surface area contributed by atoms with Gasteiger partial charge < -0.3 is 14.6 Å². The van der Waals surface area contributed by atoms with E-state index in [-0.39, 0.29) is 13.0 Å². The number of cyclic esters (lactones) is 1. The van der Waals surface area contributed by atoms with E-state index < -0.39 is 32.8 Å². The first-order valence-corrected chi connectivity index (χ1v) is 9.46. The van der Waals surface area contributed by atoms with E-state index in [1.54, 1.807) is 31.4 Å². The monoisotopic (exact) mass is 371 g/mol. The molecular weight excluding hydrogens is 350 g/mol. The normalized spacial score (nSPS) is 20.2. The molecule has 9 heteroatoms. The SMILES string of the molecule is COCc1ccc(N2C[C@H](CC(C)(C(=O)O)S(C)(=O)=O)OC2=O)cc1. The molecule has 0 radical (unpaired) electrons. The molecule has 1 saturated heterocycles. The molecule has 25 heavy (non-hydrogen) atoms. The maximum Gasteiger partial charge on any atom is 0.414 e. The minimum Gasteiger partial charge on any atom is -0.480 e. The molecule has 1 amide bonds. The number of sulfone groups is 1. The Morgan fingerprint density at radius 3 is 2.48 bits per heavy atom. The van der Waals surface area contributed by atoms with Gasteiger partial charge >= 0.3 is 12.1 Å². The van der Waals surface area contributed by atoms with Gasteiger partial charge in [-0.3, -0.25) is 9.69 Å². The summed E-state index contributed by atoms with van der Waals surface area (Å²) in [4.78, 5) is 24.9. The molecule has 0 aromatic heterocycles. The van der Waals surface area contributed by atoms with Gasteiger partial charge in [0.2, 0.25) is 0 Å². The minimum absolute atomic E-state index is 0.0842. The summed E-state index contributed by atoms with van der Waals surface area (Å²) in [7, 11) is -2.31. The van der Waals surface area contributed by atoms with Crippen molar-refractivity contribution in [2.75, 3.05) is 24.8 Å². The molecular formula is C16H21NO7S. The van der Waals surface area contributed by atoms with Crippen LogP contribution in [0.2, 0.25) is 0 Å². The van der Waals surface area contributed by atoms with Crippen LogP contribution in [0.1, 0.15) is 18.9 Å². The van der Waals surface area contributed by atoms with Crippen LogP contribution in [0.15, 0.2) is 24.3 Å². The summed E-state index contributed by atoms with van der Waals surface area (Å²) in [5.41, 5.74) is 1.52. The molecule has 1 aliphatic heterocycles. The number of ether oxygens (including phenoxy) is 2. The number of rotatable bonds is 7. The molecule has 2 atom stereocenters. The Morgan fingerprint density at radius 1 is 1.40 bits per heavy atom. The summed E-state index contributed by atoms with van der Waals surface area (Å²) in [6, 6.07) is 7.06. The summed E-state index contributed by atoms with van der Waals surface area (Å²) in [6.45, 7) is 1.65. The summed E-state index contributed by atoms with van der Waals surface area (Å²) in [5, 5.41) is 9.31. The lowest BCUT2D eigenvalue weighted by molar-refractivity contribution is -0.140. The average molecular weight is 371 g/mol. The molecule has 2 rings (SSSR count). The molecule has 138 valence electrons. The molecule has 1 heterocycles. The number of amides is 1. The fourth-order valence-corrected chi connectivity index (χ4v) is 3.42. The van der Waals surface area contributed by atoms with Gasteiger partial charge in [-0.15, -0.1) is 0 Å². The topological polar surface area (TPSA) is 110 Å². The molecule has 1 fully saturated rings. The van der Waals surface area contributed by atoms with Gasteiger partial charge in [0.05, 0.1) is 13.2 Å². The number of aliphatic carboxylic acids is 1. The van der Waals surface area contributed by atoms with Gasteiger partial charge in [-0.05, 0) is 24.6 Å². The van der Waals surface area contributed by atoms with Crippen LogP contribution in [0.5, 0.6) is 0 Å². The first-order chi connectivity index (χ1) is 11.6. The highest BCUT2D eigenvalue weighted by Crippen LogP contribution is 2.30. The molecule has 1 aromatic carbocycles. The van der Waals surface area contributed by atoms with Gasteiger partial charge in [0.25, 0.3) is 0 Å². The van der Waals surface area contributed by atoms with Crippen LogP contribution in [0, 0.1) is 0 Å². The van der Waals surface area contributed by atoms with Crippen molar-refractivity contribution in [3.63, 3.8) is 0 Å². The zero-order valence-electron chi connectivity index (χ0n) is 14.3. The van der Waals surface area contributed by atoms with Gasteiger partial charge in [0.15, 0.2) is 14.6 Å². The Bertz CT molecular complexity index is 759. The minimum atomic E-state index is -3.89. The Labute approximate surface area is 146 Å². The molecule has 0 aliphatic carbocycles. The first-order valence-electron chi connectivity index (χ1n) is 7.57. The number of methoxy groups -OCH3 is 1. The van der Waals surface area contributed by atoms with Gasteiger partial charge in [-0.1, -0.05) is 12.1 Å². The zero-order chi connectivity index (χ0) is 18.8. The molecule has 1 N–H and O–H groups in total. The van der Waals surface area contributed by atoms with Crippen molar-refractivity contribution in [1.82, 2.24) is 0 Å². The molecule has 1 unspecified atom stereocenters. The molecule has 0 spiro atoms. The van der Waals surface area contributed by atoms with E-state index in [0.29, 0.717) is 12.3 Å². The van der Waals surface area contributed by atoms with Gasteiger partial charge in [0.1, 0.15) is 6.10 Å². The summed E-state index contributed by atoms with van der Waals surface area (Å²) in [6.07, 6.45) is -0.914. The number of carboxylic acid groups (broad SMARTS) is 1. The van der Waals surface area contributed by atoms with E-state index in [2.05, 4.69) is 0 Å². The van der Waals surface area contributed by atoms with Crippen molar-refractivity contribution in [3.8, 4) is 0 Å². The highest BCUT2D eigenvalue weighted by atomic mass is 32.2. The maximum atomic E-state index is 12.1. The Kier molecular flexibility index (Phi) is 5.38. The van der Waals surface area contributed by atoms with Crippen LogP contribution in [-0.4, -0.2) is 56.3 Å². The second kappa shape index (κ2) is 7.01. The third-order valence-electron chi connectivity index (χ3n) is 4.32. The number of hydrogen-bond acceptors (Lipinski definition) is 6. The van der Waals surface area contributed by atoms with E-state index >= 15 is 0 Å². The second-order valence-corrected chi connectivity index (χ2v) is 8.67. The Balaban J connectivity index is 2.15. The zero-order valence-corrected chi connectivity index (χ0v) is 15.1. The van der Waals surface area contributed by atoms with Crippen LogP contribution >= 0.6 is 0 Å². The lowest BCUT2D eigenvalue weighted by Gasteiger charge is -2.24. The number of anilines is 1. The summed E-state index contributed by atoms with van der Waals surface area (Å²) < 4.78 is 31.9.